The molecule has 0 bridgehead atoms. The van der Waals surface area contributed by atoms with E-state index in [9.17, 15) is 14.7 Å². The zero-order valence-corrected chi connectivity index (χ0v) is 10.7. The molecule has 104 valence electrons. The number of amides is 1. The summed E-state index contributed by atoms with van der Waals surface area (Å²) in [5.41, 5.74) is 0.800. The third-order valence-corrected chi connectivity index (χ3v) is 2.38. The lowest BCUT2D eigenvalue weighted by Gasteiger charge is -2.25. The smallest absolute Gasteiger partial charge is 0.322 e. The summed E-state index contributed by atoms with van der Waals surface area (Å²) < 4.78 is 0. The second kappa shape index (κ2) is 7.38. The maximum atomic E-state index is 11.6. The van der Waals surface area contributed by atoms with E-state index in [0.717, 1.165) is 5.69 Å². The number of para-hydroxylation sites is 1. The van der Waals surface area contributed by atoms with Gasteiger partial charge in [-0.25, -0.2) is 0 Å². The second-order valence-electron chi connectivity index (χ2n) is 4.24. The Labute approximate surface area is 111 Å². The third kappa shape index (κ3) is 5.87. The first-order chi connectivity index (χ1) is 8.99. The number of aliphatic hydroxyl groups excluding tert-OH is 1. The summed E-state index contributed by atoms with van der Waals surface area (Å²) in [6.07, 6.45) is -0.590. The van der Waals surface area contributed by atoms with Gasteiger partial charge in [-0.05, 0) is 19.1 Å². The van der Waals surface area contributed by atoms with E-state index in [1.54, 1.807) is 11.8 Å². The summed E-state index contributed by atoms with van der Waals surface area (Å²) in [5.74, 6) is -1.48. The van der Waals surface area contributed by atoms with E-state index in [1.165, 1.54) is 0 Å². The Morgan fingerprint density at radius 3 is 2.47 bits per heavy atom. The Morgan fingerprint density at radius 2 is 1.95 bits per heavy atom. The number of carbonyl (C=O) groups is 2. The monoisotopic (exact) mass is 266 g/mol. The zero-order chi connectivity index (χ0) is 14.3. The molecule has 0 aliphatic carbocycles. The van der Waals surface area contributed by atoms with Crippen LogP contribution in [0.1, 0.15) is 6.92 Å². The number of aliphatic carboxylic acids is 1. The van der Waals surface area contributed by atoms with Crippen molar-refractivity contribution in [1.82, 2.24) is 5.32 Å². The van der Waals surface area contributed by atoms with Crippen LogP contribution in [-0.4, -0.2) is 47.8 Å². The molecule has 6 nitrogen and oxygen atoms in total. The van der Waals surface area contributed by atoms with Crippen molar-refractivity contribution in [2.24, 2.45) is 0 Å². The highest BCUT2D eigenvalue weighted by Gasteiger charge is 2.13. The highest BCUT2D eigenvalue weighted by atomic mass is 16.4. The molecule has 6 heteroatoms. The van der Waals surface area contributed by atoms with Crippen LogP contribution in [0.2, 0.25) is 0 Å². The summed E-state index contributed by atoms with van der Waals surface area (Å²) in [7, 11) is 0. The van der Waals surface area contributed by atoms with Gasteiger partial charge in [0.05, 0.1) is 12.6 Å². The van der Waals surface area contributed by atoms with Gasteiger partial charge in [-0.15, -0.1) is 0 Å². The van der Waals surface area contributed by atoms with Crippen LogP contribution in [0, 0.1) is 0 Å². The number of nitrogens with zero attached hydrogens (tertiary/aromatic N) is 1. The molecule has 1 rings (SSSR count). The van der Waals surface area contributed by atoms with Crippen LogP contribution in [-0.2, 0) is 9.59 Å². The fourth-order valence-corrected chi connectivity index (χ4v) is 1.62. The quantitative estimate of drug-likeness (QED) is 0.650. The normalized spacial score (nSPS) is 11.7. The summed E-state index contributed by atoms with van der Waals surface area (Å²) >= 11 is 0. The van der Waals surface area contributed by atoms with Gasteiger partial charge in [-0.3, -0.25) is 9.59 Å². The zero-order valence-electron chi connectivity index (χ0n) is 10.7. The van der Waals surface area contributed by atoms with Crippen LogP contribution in [0.15, 0.2) is 30.3 Å². The van der Waals surface area contributed by atoms with Crippen molar-refractivity contribution < 1.29 is 19.8 Å². The van der Waals surface area contributed by atoms with E-state index < -0.39 is 24.5 Å². The number of carbonyl (C=O) groups excluding carboxylic acids is 1. The second-order valence-corrected chi connectivity index (χ2v) is 4.24. The number of aliphatic hydroxyl groups is 1. The van der Waals surface area contributed by atoms with Gasteiger partial charge >= 0.3 is 5.97 Å². The predicted molar refractivity (Wildman–Crippen MR) is 71.0 cm³/mol. The van der Waals surface area contributed by atoms with Gasteiger partial charge in [0, 0.05) is 12.2 Å². The molecule has 3 N–H and O–H groups in total. The number of carboxylic acids is 1. The topological polar surface area (TPSA) is 89.9 Å². The number of hydrogen-bond acceptors (Lipinski definition) is 4. The number of nitrogens with one attached hydrogen (secondary N) is 1. The number of benzene rings is 1. The van der Waals surface area contributed by atoms with Crippen LogP contribution in [0.3, 0.4) is 0 Å². The van der Waals surface area contributed by atoms with Gasteiger partial charge in [0.2, 0.25) is 5.91 Å². The predicted octanol–water partition coefficient (Wildman–Crippen LogP) is 0.0746. The molecule has 0 aromatic heterocycles. The fraction of sp³-hybridized carbons (Fsp3) is 0.385. The Balaban J connectivity index is 2.65. The number of hydrogen-bond donors (Lipinski definition) is 3. The number of rotatable bonds is 7. The summed E-state index contributed by atoms with van der Waals surface area (Å²) in [6, 6.07) is 9.17. The molecule has 1 unspecified atom stereocenters. The first-order valence-electron chi connectivity index (χ1n) is 5.95. The van der Waals surface area contributed by atoms with Crippen molar-refractivity contribution >= 4 is 17.6 Å². The molecule has 0 spiro atoms. The number of carboxylic acid groups (broad SMARTS) is 1. The van der Waals surface area contributed by atoms with Crippen LogP contribution in [0.4, 0.5) is 5.69 Å². The van der Waals surface area contributed by atoms with Crippen molar-refractivity contribution in [3.63, 3.8) is 0 Å². The molecule has 1 amide bonds. The first-order valence-corrected chi connectivity index (χ1v) is 5.95. The Morgan fingerprint density at radius 1 is 1.32 bits per heavy atom. The van der Waals surface area contributed by atoms with E-state index in [1.807, 2.05) is 30.3 Å². The van der Waals surface area contributed by atoms with Gasteiger partial charge < -0.3 is 20.4 Å². The number of anilines is 1. The minimum absolute atomic E-state index is 0.00218. The molecule has 1 atom stereocenters. The van der Waals surface area contributed by atoms with E-state index >= 15 is 0 Å². The summed E-state index contributed by atoms with van der Waals surface area (Å²) in [6.45, 7) is 1.52. The van der Waals surface area contributed by atoms with Gasteiger partial charge in [-0.1, -0.05) is 18.2 Å². The highest BCUT2D eigenvalue weighted by Crippen LogP contribution is 2.13. The summed E-state index contributed by atoms with van der Waals surface area (Å²) in [5, 5.41) is 20.2. The first kappa shape index (κ1) is 15.0. The van der Waals surface area contributed by atoms with Crippen LogP contribution in [0.5, 0.6) is 0 Å². The van der Waals surface area contributed by atoms with Gasteiger partial charge in [0.1, 0.15) is 6.54 Å². The average Bonchev–Trinajstić information content (AvgIpc) is 2.36. The van der Waals surface area contributed by atoms with Crippen molar-refractivity contribution in [2.45, 2.75) is 13.0 Å². The fourth-order valence-electron chi connectivity index (χ4n) is 1.62. The standard InChI is InChI=1S/C13H18N2O4/c1-10(16)8-15(11-5-3-2-4-6-11)9-12(17)14-7-13(18)19/h2-6,10,16H,7-9H2,1H3,(H,14,17)(H,18,19). The average molecular weight is 266 g/mol. The van der Waals surface area contributed by atoms with Crippen molar-refractivity contribution in [2.75, 3.05) is 24.5 Å². The van der Waals surface area contributed by atoms with E-state index in [0.29, 0.717) is 6.54 Å². The lowest BCUT2D eigenvalue weighted by molar-refractivity contribution is -0.137. The molecule has 1 aromatic rings. The molecule has 0 heterocycles. The molecule has 1 aromatic carbocycles. The Kier molecular flexibility index (Phi) is 5.81. The van der Waals surface area contributed by atoms with Crippen LogP contribution < -0.4 is 10.2 Å². The maximum absolute atomic E-state index is 11.6. The van der Waals surface area contributed by atoms with Crippen LogP contribution >= 0.6 is 0 Å². The minimum Gasteiger partial charge on any atom is -0.480 e. The molecule has 0 aliphatic heterocycles. The van der Waals surface area contributed by atoms with Crippen molar-refractivity contribution in [3.05, 3.63) is 30.3 Å². The Bertz CT molecular complexity index is 420. The minimum atomic E-state index is -1.09. The molecular formula is C13H18N2O4. The van der Waals surface area contributed by atoms with Crippen molar-refractivity contribution in [1.29, 1.82) is 0 Å². The molecule has 0 fully saturated rings. The molecule has 19 heavy (non-hydrogen) atoms. The van der Waals surface area contributed by atoms with Gasteiger partial charge in [0.25, 0.3) is 0 Å². The van der Waals surface area contributed by atoms with Gasteiger partial charge in [-0.2, -0.15) is 0 Å². The molecular weight excluding hydrogens is 248 g/mol. The Hall–Kier alpha value is -2.08. The highest BCUT2D eigenvalue weighted by molar-refractivity contribution is 5.84. The molecule has 0 aliphatic rings. The molecule has 0 saturated carbocycles. The third-order valence-electron chi connectivity index (χ3n) is 2.38. The summed E-state index contributed by atoms with van der Waals surface area (Å²) in [4.78, 5) is 23.7. The van der Waals surface area contributed by atoms with E-state index in [-0.39, 0.29) is 6.54 Å². The van der Waals surface area contributed by atoms with Crippen molar-refractivity contribution in [3.8, 4) is 0 Å². The van der Waals surface area contributed by atoms with Gasteiger partial charge in [0.15, 0.2) is 0 Å². The SMILES string of the molecule is CC(O)CN(CC(=O)NCC(=O)O)c1ccccc1. The van der Waals surface area contributed by atoms with Crippen LogP contribution in [0.25, 0.3) is 0 Å². The lowest BCUT2D eigenvalue weighted by atomic mass is 10.2. The molecule has 0 saturated heterocycles. The molecule has 0 radical (unpaired) electrons. The van der Waals surface area contributed by atoms with E-state index in [4.69, 9.17) is 5.11 Å². The maximum Gasteiger partial charge on any atom is 0.322 e. The largest absolute Gasteiger partial charge is 0.480 e. The van der Waals surface area contributed by atoms with E-state index in [2.05, 4.69) is 5.32 Å². The lowest BCUT2D eigenvalue weighted by Crippen LogP contribution is -2.41.